The third-order valence-electron chi connectivity index (χ3n) is 4.15. The highest BCUT2D eigenvalue weighted by Gasteiger charge is 2.35. The Bertz CT molecular complexity index is 253. The standard InChI is InChI=1S/C13H23NO2/c1-14(10-13(16)8-4-5-9-13)12(15)11-6-2-3-7-11/h11,16H,2-10H2,1H3. The first-order valence-electron chi connectivity index (χ1n) is 6.58. The van der Waals surface area contributed by atoms with E-state index >= 15 is 0 Å². The van der Waals surface area contributed by atoms with Crippen molar-refractivity contribution in [1.82, 2.24) is 4.90 Å². The van der Waals surface area contributed by atoms with E-state index in [-0.39, 0.29) is 11.8 Å². The molecular formula is C13H23NO2. The van der Waals surface area contributed by atoms with Crippen molar-refractivity contribution in [3.63, 3.8) is 0 Å². The summed E-state index contributed by atoms with van der Waals surface area (Å²) in [6.45, 7) is 0.530. The van der Waals surface area contributed by atoms with E-state index in [1.54, 1.807) is 4.90 Å². The van der Waals surface area contributed by atoms with Gasteiger partial charge in [-0.05, 0) is 25.7 Å². The maximum absolute atomic E-state index is 12.1. The summed E-state index contributed by atoms with van der Waals surface area (Å²) in [6.07, 6.45) is 8.38. The van der Waals surface area contributed by atoms with E-state index in [9.17, 15) is 9.90 Å². The molecule has 0 bridgehead atoms. The minimum absolute atomic E-state index is 0.231. The van der Waals surface area contributed by atoms with Crippen LogP contribution in [-0.4, -0.2) is 35.1 Å². The van der Waals surface area contributed by atoms with Gasteiger partial charge in [0.1, 0.15) is 0 Å². The lowest BCUT2D eigenvalue weighted by molar-refractivity contribution is -0.137. The first kappa shape index (κ1) is 11.9. The lowest BCUT2D eigenvalue weighted by Gasteiger charge is -2.30. The Morgan fingerprint density at radius 2 is 1.81 bits per heavy atom. The number of likely N-dealkylation sites (N-methyl/N-ethyl adjacent to an activating group) is 1. The van der Waals surface area contributed by atoms with Crippen LogP contribution >= 0.6 is 0 Å². The van der Waals surface area contributed by atoms with E-state index in [0.29, 0.717) is 6.54 Å². The third-order valence-corrected chi connectivity index (χ3v) is 4.15. The van der Waals surface area contributed by atoms with Gasteiger partial charge in [-0.2, -0.15) is 0 Å². The molecule has 0 radical (unpaired) electrons. The molecule has 0 aromatic heterocycles. The molecule has 2 rings (SSSR count). The quantitative estimate of drug-likeness (QED) is 0.797. The van der Waals surface area contributed by atoms with Crippen molar-refractivity contribution in [3.05, 3.63) is 0 Å². The number of rotatable bonds is 3. The number of amides is 1. The van der Waals surface area contributed by atoms with Gasteiger partial charge in [0.15, 0.2) is 0 Å². The van der Waals surface area contributed by atoms with Crippen LogP contribution in [0.5, 0.6) is 0 Å². The summed E-state index contributed by atoms with van der Waals surface area (Å²) in [6, 6.07) is 0. The summed E-state index contributed by atoms with van der Waals surface area (Å²) in [5, 5.41) is 10.3. The van der Waals surface area contributed by atoms with E-state index in [0.717, 1.165) is 38.5 Å². The number of hydrogen-bond donors (Lipinski definition) is 1. The molecule has 1 N–H and O–H groups in total. The van der Waals surface area contributed by atoms with Gasteiger partial charge in [-0.25, -0.2) is 0 Å². The Labute approximate surface area is 97.8 Å². The number of carbonyl (C=O) groups is 1. The fourth-order valence-corrected chi connectivity index (χ4v) is 3.20. The van der Waals surface area contributed by atoms with Gasteiger partial charge in [0.2, 0.25) is 5.91 Å². The van der Waals surface area contributed by atoms with Crippen LogP contribution in [-0.2, 0) is 4.79 Å². The van der Waals surface area contributed by atoms with Crippen LogP contribution in [0.4, 0.5) is 0 Å². The van der Waals surface area contributed by atoms with Crippen LogP contribution in [0, 0.1) is 5.92 Å². The SMILES string of the molecule is CN(CC1(O)CCCC1)C(=O)C1CCCC1. The summed E-state index contributed by atoms with van der Waals surface area (Å²) >= 11 is 0. The molecule has 0 unspecified atom stereocenters. The van der Waals surface area contributed by atoms with Crippen LogP contribution in [0.3, 0.4) is 0 Å². The van der Waals surface area contributed by atoms with Crippen molar-refractivity contribution in [2.45, 2.75) is 57.0 Å². The highest BCUT2D eigenvalue weighted by atomic mass is 16.3. The second-order valence-corrected chi connectivity index (χ2v) is 5.61. The molecule has 3 nitrogen and oxygen atoms in total. The van der Waals surface area contributed by atoms with Crippen molar-refractivity contribution < 1.29 is 9.90 Å². The van der Waals surface area contributed by atoms with Gasteiger partial charge in [0.05, 0.1) is 5.60 Å². The predicted molar refractivity (Wildman–Crippen MR) is 63.0 cm³/mol. The predicted octanol–water partition coefficient (Wildman–Crippen LogP) is 1.94. The zero-order valence-corrected chi connectivity index (χ0v) is 10.2. The molecular weight excluding hydrogens is 202 g/mol. The summed E-state index contributed by atoms with van der Waals surface area (Å²) < 4.78 is 0. The number of aliphatic hydroxyl groups is 1. The van der Waals surface area contributed by atoms with Gasteiger partial charge in [-0.3, -0.25) is 4.79 Å². The highest BCUT2D eigenvalue weighted by molar-refractivity contribution is 5.78. The monoisotopic (exact) mass is 225 g/mol. The van der Waals surface area contributed by atoms with E-state index in [1.165, 1.54) is 12.8 Å². The van der Waals surface area contributed by atoms with Crippen LogP contribution in [0.25, 0.3) is 0 Å². The van der Waals surface area contributed by atoms with Gasteiger partial charge in [0.25, 0.3) is 0 Å². The topological polar surface area (TPSA) is 40.5 Å². The maximum atomic E-state index is 12.1. The average Bonchev–Trinajstić information content (AvgIpc) is 2.87. The highest BCUT2D eigenvalue weighted by Crippen LogP contribution is 2.31. The smallest absolute Gasteiger partial charge is 0.225 e. The van der Waals surface area contributed by atoms with Crippen LogP contribution < -0.4 is 0 Å². The third kappa shape index (κ3) is 2.57. The summed E-state index contributed by atoms with van der Waals surface area (Å²) in [4.78, 5) is 13.9. The Kier molecular flexibility index (Phi) is 3.53. The van der Waals surface area contributed by atoms with Crippen LogP contribution in [0.1, 0.15) is 51.4 Å². The normalized spacial score (nSPS) is 24.9. The zero-order chi connectivity index (χ0) is 11.6. The van der Waals surface area contributed by atoms with Crippen molar-refractivity contribution in [2.75, 3.05) is 13.6 Å². The van der Waals surface area contributed by atoms with Crippen molar-refractivity contribution in [1.29, 1.82) is 0 Å². The molecule has 0 aromatic rings. The number of carbonyl (C=O) groups excluding carboxylic acids is 1. The van der Waals surface area contributed by atoms with Crippen molar-refractivity contribution >= 4 is 5.91 Å². The molecule has 92 valence electrons. The van der Waals surface area contributed by atoms with Gasteiger partial charge >= 0.3 is 0 Å². The Morgan fingerprint density at radius 1 is 1.25 bits per heavy atom. The molecule has 2 aliphatic carbocycles. The molecule has 16 heavy (non-hydrogen) atoms. The van der Waals surface area contributed by atoms with Crippen LogP contribution in [0.2, 0.25) is 0 Å². The zero-order valence-electron chi connectivity index (χ0n) is 10.2. The van der Waals surface area contributed by atoms with E-state index in [1.807, 2.05) is 7.05 Å². The first-order chi connectivity index (χ1) is 7.61. The average molecular weight is 225 g/mol. The molecule has 2 saturated carbocycles. The molecule has 3 heteroatoms. The molecule has 2 aliphatic rings. The molecule has 2 fully saturated rings. The summed E-state index contributed by atoms with van der Waals surface area (Å²) in [5.41, 5.74) is -0.594. The molecule has 0 spiro atoms. The fourth-order valence-electron chi connectivity index (χ4n) is 3.20. The molecule has 0 heterocycles. The van der Waals surface area contributed by atoms with Gasteiger partial charge in [-0.1, -0.05) is 25.7 Å². The molecule has 0 atom stereocenters. The Hall–Kier alpha value is -0.570. The molecule has 0 saturated heterocycles. The Balaban J connectivity index is 1.86. The van der Waals surface area contributed by atoms with Crippen molar-refractivity contribution in [2.24, 2.45) is 5.92 Å². The van der Waals surface area contributed by atoms with E-state index < -0.39 is 5.60 Å². The van der Waals surface area contributed by atoms with E-state index in [2.05, 4.69) is 0 Å². The lowest BCUT2D eigenvalue weighted by atomic mass is 10.0. The van der Waals surface area contributed by atoms with Gasteiger partial charge < -0.3 is 10.0 Å². The molecule has 0 aliphatic heterocycles. The second kappa shape index (κ2) is 4.74. The summed E-state index contributed by atoms with van der Waals surface area (Å²) in [5.74, 6) is 0.479. The van der Waals surface area contributed by atoms with E-state index in [4.69, 9.17) is 0 Å². The maximum Gasteiger partial charge on any atom is 0.225 e. The molecule has 0 aromatic carbocycles. The molecule has 1 amide bonds. The number of hydrogen-bond acceptors (Lipinski definition) is 2. The van der Waals surface area contributed by atoms with Gasteiger partial charge in [0, 0.05) is 19.5 Å². The van der Waals surface area contributed by atoms with Gasteiger partial charge in [-0.15, -0.1) is 0 Å². The lowest BCUT2D eigenvalue weighted by Crippen LogP contribution is -2.43. The van der Waals surface area contributed by atoms with Crippen LogP contribution in [0.15, 0.2) is 0 Å². The summed E-state index contributed by atoms with van der Waals surface area (Å²) in [7, 11) is 1.84. The van der Waals surface area contributed by atoms with Crippen molar-refractivity contribution in [3.8, 4) is 0 Å². The first-order valence-corrected chi connectivity index (χ1v) is 6.58. The fraction of sp³-hybridized carbons (Fsp3) is 0.923. The largest absolute Gasteiger partial charge is 0.388 e. The minimum Gasteiger partial charge on any atom is -0.388 e. The Morgan fingerprint density at radius 3 is 2.38 bits per heavy atom. The second-order valence-electron chi connectivity index (χ2n) is 5.61. The minimum atomic E-state index is -0.594. The number of nitrogens with zero attached hydrogens (tertiary/aromatic N) is 1.